The molecule has 0 spiro atoms. The second-order valence-electron chi connectivity index (χ2n) is 8.60. The standard InChI is InChI=1S/C25H29N5O5/c1-4-35-18-10-8-17(9-11-18)27-20(31)15-30-24(33)21-19(23(32)29-12-6-5-7-13-29)14-16(2)26-22(21)28(3)25(30)34/h8-11,14H,4-7,12-13,15H2,1-3H3,(H,27,31). The second kappa shape index (κ2) is 10.1. The fraction of sp³-hybridized carbons (Fsp3) is 0.400. The van der Waals surface area contributed by atoms with Gasteiger partial charge in [0.1, 0.15) is 17.9 Å². The Morgan fingerprint density at radius 3 is 2.43 bits per heavy atom. The molecule has 184 valence electrons. The molecule has 1 aliphatic heterocycles. The molecule has 3 aromatic rings. The van der Waals surface area contributed by atoms with Crippen LogP contribution in [0.2, 0.25) is 0 Å². The van der Waals surface area contributed by atoms with Crippen LogP contribution in [0.4, 0.5) is 5.69 Å². The van der Waals surface area contributed by atoms with E-state index in [2.05, 4.69) is 10.3 Å². The van der Waals surface area contributed by atoms with E-state index in [-0.39, 0.29) is 22.5 Å². The number of nitrogens with one attached hydrogen (secondary N) is 1. The molecule has 1 aromatic carbocycles. The van der Waals surface area contributed by atoms with Crippen LogP contribution in [0.15, 0.2) is 39.9 Å². The van der Waals surface area contributed by atoms with E-state index in [0.717, 1.165) is 23.8 Å². The lowest BCUT2D eigenvalue weighted by molar-refractivity contribution is -0.116. The van der Waals surface area contributed by atoms with E-state index in [1.54, 1.807) is 42.2 Å². The molecule has 35 heavy (non-hydrogen) atoms. The van der Waals surface area contributed by atoms with Crippen molar-refractivity contribution in [3.63, 3.8) is 0 Å². The van der Waals surface area contributed by atoms with Crippen LogP contribution >= 0.6 is 0 Å². The molecular weight excluding hydrogens is 450 g/mol. The zero-order valence-corrected chi connectivity index (χ0v) is 20.2. The van der Waals surface area contributed by atoms with E-state index in [1.807, 2.05) is 6.92 Å². The Kier molecular flexibility index (Phi) is 6.99. The number of amides is 2. The third-order valence-electron chi connectivity index (χ3n) is 6.05. The highest BCUT2D eigenvalue weighted by Crippen LogP contribution is 2.19. The minimum atomic E-state index is -0.710. The Labute approximate surface area is 202 Å². The van der Waals surface area contributed by atoms with E-state index >= 15 is 0 Å². The fourth-order valence-electron chi connectivity index (χ4n) is 4.32. The molecule has 1 saturated heterocycles. The van der Waals surface area contributed by atoms with E-state index in [4.69, 9.17) is 4.74 Å². The number of carbonyl (C=O) groups excluding carboxylic acids is 2. The van der Waals surface area contributed by atoms with Gasteiger partial charge in [-0.05, 0) is 63.4 Å². The number of pyridine rings is 1. The van der Waals surface area contributed by atoms with Gasteiger partial charge in [-0.1, -0.05) is 0 Å². The summed E-state index contributed by atoms with van der Waals surface area (Å²) in [5.74, 6) is -0.142. The highest BCUT2D eigenvalue weighted by molar-refractivity contribution is 6.05. The maximum Gasteiger partial charge on any atom is 0.332 e. The quantitative estimate of drug-likeness (QED) is 0.579. The van der Waals surface area contributed by atoms with Gasteiger partial charge in [-0.15, -0.1) is 0 Å². The lowest BCUT2D eigenvalue weighted by Crippen LogP contribution is -2.43. The monoisotopic (exact) mass is 479 g/mol. The van der Waals surface area contributed by atoms with Crippen LogP contribution < -0.4 is 21.3 Å². The second-order valence-corrected chi connectivity index (χ2v) is 8.60. The zero-order valence-electron chi connectivity index (χ0n) is 20.2. The van der Waals surface area contributed by atoms with E-state index in [0.29, 0.717) is 36.8 Å². The van der Waals surface area contributed by atoms with Crippen molar-refractivity contribution in [2.45, 2.75) is 39.7 Å². The Morgan fingerprint density at radius 2 is 1.77 bits per heavy atom. The molecular formula is C25H29N5O5. The Balaban J connectivity index is 1.71. The number of ether oxygens (including phenoxy) is 1. The van der Waals surface area contributed by atoms with Crippen molar-refractivity contribution in [1.29, 1.82) is 0 Å². The number of likely N-dealkylation sites (tertiary alicyclic amines) is 1. The normalized spacial score (nSPS) is 13.6. The van der Waals surface area contributed by atoms with Crippen molar-refractivity contribution in [3.8, 4) is 5.75 Å². The number of carbonyl (C=O) groups is 2. The predicted octanol–water partition coefficient (Wildman–Crippen LogP) is 2.07. The third kappa shape index (κ3) is 4.96. The summed E-state index contributed by atoms with van der Waals surface area (Å²) >= 11 is 0. The van der Waals surface area contributed by atoms with Crippen LogP contribution in [0.25, 0.3) is 11.0 Å². The van der Waals surface area contributed by atoms with Gasteiger partial charge in [0, 0.05) is 31.5 Å². The molecule has 2 aromatic heterocycles. The topological polar surface area (TPSA) is 116 Å². The van der Waals surface area contributed by atoms with Crippen LogP contribution in [0.3, 0.4) is 0 Å². The molecule has 1 N–H and O–H groups in total. The van der Waals surface area contributed by atoms with Crippen molar-refractivity contribution in [3.05, 3.63) is 62.4 Å². The molecule has 0 saturated carbocycles. The average molecular weight is 480 g/mol. The van der Waals surface area contributed by atoms with Crippen LogP contribution in [0.1, 0.15) is 42.2 Å². The number of nitrogens with zero attached hydrogens (tertiary/aromatic N) is 4. The molecule has 0 aliphatic carbocycles. The maximum atomic E-state index is 13.5. The summed E-state index contributed by atoms with van der Waals surface area (Å²) in [7, 11) is 1.48. The summed E-state index contributed by atoms with van der Waals surface area (Å²) in [6.45, 7) is 4.85. The number of hydrogen-bond acceptors (Lipinski definition) is 6. The number of fused-ring (bicyclic) bond motifs is 1. The van der Waals surface area contributed by atoms with Gasteiger partial charge in [-0.2, -0.15) is 0 Å². The summed E-state index contributed by atoms with van der Waals surface area (Å²) in [6.07, 6.45) is 2.87. The summed E-state index contributed by atoms with van der Waals surface area (Å²) in [5.41, 5.74) is -0.0311. The zero-order chi connectivity index (χ0) is 25.1. The third-order valence-corrected chi connectivity index (χ3v) is 6.05. The highest BCUT2D eigenvalue weighted by atomic mass is 16.5. The molecule has 1 aliphatic rings. The molecule has 10 heteroatoms. The molecule has 0 unspecified atom stereocenters. The van der Waals surface area contributed by atoms with Gasteiger partial charge in [-0.3, -0.25) is 23.5 Å². The molecule has 1 fully saturated rings. The summed E-state index contributed by atoms with van der Waals surface area (Å²) in [6, 6.07) is 8.35. The van der Waals surface area contributed by atoms with Crippen LogP contribution in [-0.4, -0.2) is 50.5 Å². The van der Waals surface area contributed by atoms with Crippen molar-refractivity contribution < 1.29 is 14.3 Å². The Bertz CT molecular complexity index is 1380. The van der Waals surface area contributed by atoms with Crippen LogP contribution in [-0.2, 0) is 18.4 Å². The molecule has 0 bridgehead atoms. The van der Waals surface area contributed by atoms with Crippen LogP contribution in [0.5, 0.6) is 5.75 Å². The van der Waals surface area contributed by atoms with Crippen molar-refractivity contribution in [2.24, 2.45) is 7.05 Å². The Hall–Kier alpha value is -3.95. The van der Waals surface area contributed by atoms with Gasteiger partial charge in [0.05, 0.1) is 17.6 Å². The molecule has 0 atom stereocenters. The SMILES string of the molecule is CCOc1ccc(NC(=O)Cn2c(=O)c3c(C(=O)N4CCCCC4)cc(C)nc3n(C)c2=O)cc1. The van der Waals surface area contributed by atoms with Crippen molar-refractivity contribution in [2.75, 3.05) is 25.0 Å². The molecule has 2 amide bonds. The number of benzene rings is 1. The van der Waals surface area contributed by atoms with Gasteiger partial charge < -0.3 is 15.0 Å². The summed E-state index contributed by atoms with van der Waals surface area (Å²) < 4.78 is 7.44. The first-order valence-electron chi connectivity index (χ1n) is 11.7. The smallest absolute Gasteiger partial charge is 0.332 e. The maximum absolute atomic E-state index is 13.5. The number of anilines is 1. The first kappa shape index (κ1) is 24.2. The first-order valence-corrected chi connectivity index (χ1v) is 11.7. The number of aromatic nitrogens is 3. The lowest BCUT2D eigenvalue weighted by atomic mass is 10.1. The minimum Gasteiger partial charge on any atom is -0.494 e. The van der Waals surface area contributed by atoms with Gasteiger partial charge >= 0.3 is 5.69 Å². The van der Waals surface area contributed by atoms with Gasteiger partial charge in [0.15, 0.2) is 0 Å². The molecule has 3 heterocycles. The lowest BCUT2D eigenvalue weighted by Gasteiger charge is -2.27. The molecule has 0 radical (unpaired) electrons. The fourth-order valence-corrected chi connectivity index (χ4v) is 4.32. The summed E-state index contributed by atoms with van der Waals surface area (Å²) in [4.78, 5) is 58.6. The van der Waals surface area contributed by atoms with E-state index in [1.165, 1.54) is 11.6 Å². The van der Waals surface area contributed by atoms with Crippen LogP contribution in [0, 0.1) is 6.92 Å². The number of piperidine rings is 1. The minimum absolute atomic E-state index is 0.0436. The first-order chi connectivity index (χ1) is 16.8. The van der Waals surface area contributed by atoms with Gasteiger partial charge in [-0.25, -0.2) is 9.78 Å². The van der Waals surface area contributed by atoms with E-state index in [9.17, 15) is 19.2 Å². The highest BCUT2D eigenvalue weighted by Gasteiger charge is 2.25. The molecule has 10 nitrogen and oxygen atoms in total. The van der Waals surface area contributed by atoms with Crippen molar-refractivity contribution >= 4 is 28.5 Å². The van der Waals surface area contributed by atoms with E-state index < -0.39 is 23.7 Å². The van der Waals surface area contributed by atoms with Gasteiger partial charge in [0.2, 0.25) is 5.91 Å². The number of hydrogen-bond donors (Lipinski definition) is 1. The number of aryl methyl sites for hydroxylation is 2. The largest absolute Gasteiger partial charge is 0.494 e. The summed E-state index contributed by atoms with van der Waals surface area (Å²) in [5, 5.41) is 2.73. The number of rotatable bonds is 6. The average Bonchev–Trinajstić information content (AvgIpc) is 2.86. The predicted molar refractivity (Wildman–Crippen MR) is 132 cm³/mol. The Morgan fingerprint density at radius 1 is 1.09 bits per heavy atom. The van der Waals surface area contributed by atoms with Crippen molar-refractivity contribution in [1.82, 2.24) is 19.0 Å². The van der Waals surface area contributed by atoms with Gasteiger partial charge in [0.25, 0.3) is 11.5 Å². The molecule has 4 rings (SSSR count).